The van der Waals surface area contributed by atoms with E-state index in [1.807, 2.05) is 13.0 Å². The minimum Gasteiger partial charge on any atom is -0.508 e. The molecule has 1 aromatic carbocycles. The number of hydrogen-bond acceptors (Lipinski definition) is 3. The van der Waals surface area contributed by atoms with E-state index < -0.39 is 0 Å². The SMILES string of the molecule is Cc1cc(O)ccc1NC1CCOC(C(C)C)C1. The van der Waals surface area contributed by atoms with Gasteiger partial charge >= 0.3 is 0 Å². The summed E-state index contributed by atoms with van der Waals surface area (Å²) in [5, 5.41) is 13.0. The first kappa shape index (κ1) is 13.2. The second-order valence-electron chi connectivity index (χ2n) is 5.52. The van der Waals surface area contributed by atoms with Crippen LogP contribution in [-0.2, 0) is 4.74 Å². The molecular formula is C15H23NO2. The van der Waals surface area contributed by atoms with Crippen molar-refractivity contribution in [3.63, 3.8) is 0 Å². The van der Waals surface area contributed by atoms with Crippen LogP contribution in [0.4, 0.5) is 5.69 Å². The lowest BCUT2D eigenvalue weighted by Gasteiger charge is -2.33. The van der Waals surface area contributed by atoms with E-state index in [1.165, 1.54) is 0 Å². The molecule has 2 unspecified atom stereocenters. The Labute approximate surface area is 109 Å². The van der Waals surface area contributed by atoms with Gasteiger partial charge in [-0.25, -0.2) is 0 Å². The van der Waals surface area contributed by atoms with Crippen molar-refractivity contribution in [1.82, 2.24) is 0 Å². The van der Waals surface area contributed by atoms with E-state index >= 15 is 0 Å². The summed E-state index contributed by atoms with van der Waals surface area (Å²) in [5.74, 6) is 0.889. The van der Waals surface area contributed by atoms with Crippen LogP contribution in [0.2, 0.25) is 0 Å². The molecule has 0 radical (unpaired) electrons. The first-order valence-electron chi connectivity index (χ1n) is 6.74. The van der Waals surface area contributed by atoms with Crippen LogP contribution in [0.15, 0.2) is 18.2 Å². The quantitative estimate of drug-likeness (QED) is 0.807. The topological polar surface area (TPSA) is 41.5 Å². The average Bonchev–Trinajstić information content (AvgIpc) is 2.33. The fraction of sp³-hybridized carbons (Fsp3) is 0.600. The largest absolute Gasteiger partial charge is 0.508 e. The summed E-state index contributed by atoms with van der Waals surface area (Å²) in [5.41, 5.74) is 2.20. The van der Waals surface area contributed by atoms with Gasteiger partial charge in [0.25, 0.3) is 0 Å². The molecule has 0 aliphatic carbocycles. The second-order valence-corrected chi connectivity index (χ2v) is 5.52. The van der Waals surface area contributed by atoms with Crippen molar-refractivity contribution in [1.29, 1.82) is 0 Å². The summed E-state index contributed by atoms with van der Waals surface area (Å²) in [7, 11) is 0. The van der Waals surface area contributed by atoms with E-state index in [4.69, 9.17) is 4.74 Å². The standard InChI is InChI=1S/C15H23NO2/c1-10(2)15-9-12(6-7-18-15)16-14-5-4-13(17)8-11(14)3/h4-5,8,10,12,15-17H,6-7,9H2,1-3H3. The predicted molar refractivity (Wildman–Crippen MR) is 74.1 cm³/mol. The van der Waals surface area contributed by atoms with E-state index in [-0.39, 0.29) is 0 Å². The molecule has 2 atom stereocenters. The smallest absolute Gasteiger partial charge is 0.115 e. The van der Waals surface area contributed by atoms with Crippen molar-refractivity contribution in [3.8, 4) is 5.75 Å². The normalized spacial score (nSPS) is 24.2. The Morgan fingerprint density at radius 3 is 2.83 bits per heavy atom. The predicted octanol–water partition coefficient (Wildman–Crippen LogP) is 3.32. The number of rotatable bonds is 3. The number of phenolic OH excluding ortho intramolecular Hbond substituents is 1. The van der Waals surface area contributed by atoms with Gasteiger partial charge in [-0.05, 0) is 49.4 Å². The first-order valence-corrected chi connectivity index (χ1v) is 6.74. The van der Waals surface area contributed by atoms with Crippen molar-refractivity contribution in [2.75, 3.05) is 11.9 Å². The molecule has 3 heteroatoms. The highest BCUT2D eigenvalue weighted by Crippen LogP contribution is 2.26. The highest BCUT2D eigenvalue weighted by Gasteiger charge is 2.24. The van der Waals surface area contributed by atoms with Crippen molar-refractivity contribution < 1.29 is 9.84 Å². The maximum Gasteiger partial charge on any atom is 0.115 e. The lowest BCUT2D eigenvalue weighted by atomic mass is 9.95. The minimum absolute atomic E-state index is 0.324. The van der Waals surface area contributed by atoms with E-state index in [9.17, 15) is 5.11 Å². The number of hydrogen-bond donors (Lipinski definition) is 2. The Morgan fingerprint density at radius 2 is 2.17 bits per heavy atom. The molecule has 1 aliphatic rings. The number of ether oxygens (including phenoxy) is 1. The molecule has 18 heavy (non-hydrogen) atoms. The Hall–Kier alpha value is -1.22. The molecule has 0 bridgehead atoms. The molecule has 0 spiro atoms. The molecule has 0 amide bonds. The highest BCUT2D eigenvalue weighted by atomic mass is 16.5. The number of nitrogens with one attached hydrogen (secondary N) is 1. The maximum atomic E-state index is 9.41. The number of phenols is 1. The third-order valence-electron chi connectivity index (χ3n) is 3.63. The van der Waals surface area contributed by atoms with Crippen molar-refractivity contribution in [2.24, 2.45) is 5.92 Å². The van der Waals surface area contributed by atoms with Gasteiger partial charge in [-0.15, -0.1) is 0 Å². The average molecular weight is 249 g/mol. The maximum absolute atomic E-state index is 9.41. The van der Waals surface area contributed by atoms with Crippen LogP contribution in [0.1, 0.15) is 32.3 Å². The van der Waals surface area contributed by atoms with Crippen molar-refractivity contribution >= 4 is 5.69 Å². The van der Waals surface area contributed by atoms with Crippen LogP contribution in [0.3, 0.4) is 0 Å². The van der Waals surface area contributed by atoms with E-state index in [0.717, 1.165) is 30.7 Å². The summed E-state index contributed by atoms with van der Waals surface area (Å²) in [6.45, 7) is 7.26. The Balaban J connectivity index is 2.00. The van der Waals surface area contributed by atoms with Crippen LogP contribution in [0.5, 0.6) is 5.75 Å². The minimum atomic E-state index is 0.324. The molecule has 1 heterocycles. The molecule has 100 valence electrons. The Kier molecular flexibility index (Phi) is 4.12. The highest BCUT2D eigenvalue weighted by molar-refractivity contribution is 5.53. The van der Waals surface area contributed by atoms with Gasteiger partial charge in [0, 0.05) is 18.3 Å². The third-order valence-corrected chi connectivity index (χ3v) is 3.63. The van der Waals surface area contributed by atoms with Gasteiger partial charge in [-0.1, -0.05) is 13.8 Å². The molecule has 1 saturated heterocycles. The lowest BCUT2D eigenvalue weighted by molar-refractivity contribution is -0.0160. The molecule has 1 aromatic rings. The Bertz CT molecular complexity index is 403. The molecule has 1 aliphatic heterocycles. The van der Waals surface area contributed by atoms with Crippen LogP contribution < -0.4 is 5.32 Å². The van der Waals surface area contributed by atoms with Crippen LogP contribution >= 0.6 is 0 Å². The van der Waals surface area contributed by atoms with Crippen molar-refractivity contribution in [2.45, 2.75) is 45.8 Å². The molecule has 2 rings (SSSR count). The first-order chi connectivity index (χ1) is 8.56. The summed E-state index contributed by atoms with van der Waals surface area (Å²) in [6.07, 6.45) is 2.45. The van der Waals surface area contributed by atoms with Gasteiger partial charge < -0.3 is 15.2 Å². The van der Waals surface area contributed by atoms with Gasteiger partial charge in [0.1, 0.15) is 5.75 Å². The molecule has 1 fully saturated rings. The lowest BCUT2D eigenvalue weighted by Crippen LogP contribution is -2.36. The molecule has 2 N–H and O–H groups in total. The number of aromatic hydroxyl groups is 1. The molecule has 3 nitrogen and oxygen atoms in total. The molecule has 0 aromatic heterocycles. The monoisotopic (exact) mass is 249 g/mol. The summed E-state index contributed by atoms with van der Waals surface area (Å²) in [4.78, 5) is 0. The van der Waals surface area contributed by atoms with Crippen molar-refractivity contribution in [3.05, 3.63) is 23.8 Å². The van der Waals surface area contributed by atoms with Crippen LogP contribution in [0, 0.1) is 12.8 Å². The summed E-state index contributed by atoms with van der Waals surface area (Å²) >= 11 is 0. The van der Waals surface area contributed by atoms with Gasteiger partial charge in [0.05, 0.1) is 6.10 Å². The third kappa shape index (κ3) is 3.16. The molecular weight excluding hydrogens is 226 g/mol. The fourth-order valence-electron chi connectivity index (χ4n) is 2.45. The zero-order chi connectivity index (χ0) is 13.1. The van der Waals surface area contributed by atoms with Gasteiger partial charge in [0.15, 0.2) is 0 Å². The zero-order valence-electron chi connectivity index (χ0n) is 11.4. The van der Waals surface area contributed by atoms with E-state index in [2.05, 4.69) is 19.2 Å². The van der Waals surface area contributed by atoms with Crippen LogP contribution in [-0.4, -0.2) is 23.9 Å². The zero-order valence-corrected chi connectivity index (χ0v) is 11.4. The van der Waals surface area contributed by atoms with Gasteiger partial charge in [-0.3, -0.25) is 0 Å². The molecule has 0 saturated carbocycles. The summed E-state index contributed by atoms with van der Waals surface area (Å²) in [6, 6.07) is 5.94. The van der Waals surface area contributed by atoms with Gasteiger partial charge in [0.2, 0.25) is 0 Å². The van der Waals surface area contributed by atoms with E-state index in [1.54, 1.807) is 12.1 Å². The van der Waals surface area contributed by atoms with Crippen LogP contribution in [0.25, 0.3) is 0 Å². The van der Waals surface area contributed by atoms with E-state index in [0.29, 0.717) is 23.8 Å². The Morgan fingerprint density at radius 1 is 1.39 bits per heavy atom. The number of aryl methyl sites for hydroxylation is 1. The second kappa shape index (κ2) is 5.61. The number of benzene rings is 1. The summed E-state index contributed by atoms with van der Waals surface area (Å²) < 4.78 is 5.78. The fourth-order valence-corrected chi connectivity index (χ4v) is 2.45. The number of anilines is 1. The van der Waals surface area contributed by atoms with Gasteiger partial charge in [-0.2, -0.15) is 0 Å².